The first-order chi connectivity index (χ1) is 11.2. The van der Waals surface area contributed by atoms with Gasteiger partial charge in [-0.2, -0.15) is 0 Å². The summed E-state index contributed by atoms with van der Waals surface area (Å²) < 4.78 is 5.17. The molecular weight excluding hydrogens is 330 g/mol. The third-order valence-corrected chi connectivity index (χ3v) is 4.55. The second-order valence-electron chi connectivity index (χ2n) is 6.00. The van der Waals surface area contributed by atoms with Crippen LogP contribution in [0, 0.1) is 0 Å². The number of halogens is 1. The van der Waals surface area contributed by atoms with Gasteiger partial charge in [-0.3, -0.25) is 9.59 Å². The van der Waals surface area contributed by atoms with Crippen LogP contribution in [0.1, 0.15) is 23.2 Å². The predicted octanol–water partition coefficient (Wildman–Crippen LogP) is 1.15. The predicted molar refractivity (Wildman–Crippen MR) is 93.8 cm³/mol. The van der Waals surface area contributed by atoms with E-state index in [4.69, 9.17) is 4.74 Å². The van der Waals surface area contributed by atoms with Gasteiger partial charge in [0.05, 0.1) is 13.2 Å². The second-order valence-corrected chi connectivity index (χ2v) is 6.00. The van der Waals surface area contributed by atoms with E-state index >= 15 is 0 Å². The first-order valence-electron chi connectivity index (χ1n) is 8.14. The molecule has 2 amide bonds. The average molecular weight is 354 g/mol. The van der Waals surface area contributed by atoms with Crippen molar-refractivity contribution in [3.8, 4) is 5.75 Å². The Kier molecular flexibility index (Phi) is 6.45. The van der Waals surface area contributed by atoms with Crippen LogP contribution in [0.3, 0.4) is 0 Å². The molecule has 132 valence electrons. The second kappa shape index (κ2) is 8.35. The zero-order valence-electron chi connectivity index (χ0n) is 13.9. The molecule has 0 unspecified atom stereocenters. The van der Waals surface area contributed by atoms with Gasteiger partial charge in [-0.1, -0.05) is 6.07 Å². The molecule has 0 aromatic heterocycles. The molecule has 2 saturated heterocycles. The highest BCUT2D eigenvalue weighted by atomic mass is 35.5. The molecule has 1 N–H and O–H groups in total. The number of carbonyl (C=O) groups is 2. The fraction of sp³-hybridized carbons (Fsp3) is 0.529. The lowest BCUT2D eigenvalue weighted by atomic mass is 10.1. The molecule has 0 spiro atoms. The minimum Gasteiger partial charge on any atom is -0.497 e. The maximum atomic E-state index is 12.6. The number of hydrogen-bond donors (Lipinski definition) is 1. The smallest absolute Gasteiger partial charge is 0.254 e. The highest BCUT2D eigenvalue weighted by Gasteiger charge is 2.30. The summed E-state index contributed by atoms with van der Waals surface area (Å²) in [4.78, 5) is 28.6. The molecule has 7 heteroatoms. The quantitative estimate of drug-likeness (QED) is 0.885. The Morgan fingerprint density at radius 1 is 1.17 bits per heavy atom. The van der Waals surface area contributed by atoms with E-state index in [1.54, 1.807) is 24.1 Å². The summed E-state index contributed by atoms with van der Waals surface area (Å²) in [7, 11) is 1.59. The maximum absolute atomic E-state index is 12.6. The number of rotatable bonds is 3. The fourth-order valence-electron chi connectivity index (χ4n) is 3.18. The zero-order valence-corrected chi connectivity index (χ0v) is 14.7. The van der Waals surface area contributed by atoms with Crippen molar-refractivity contribution in [3.05, 3.63) is 29.8 Å². The lowest BCUT2D eigenvalue weighted by Crippen LogP contribution is -2.54. The summed E-state index contributed by atoms with van der Waals surface area (Å²) in [5.74, 6) is 0.850. The van der Waals surface area contributed by atoms with E-state index in [9.17, 15) is 9.59 Å². The Balaban J connectivity index is 0.00000208. The molecule has 2 aliphatic rings. The van der Waals surface area contributed by atoms with E-state index in [0.29, 0.717) is 37.5 Å². The molecule has 2 fully saturated rings. The molecule has 3 rings (SSSR count). The zero-order chi connectivity index (χ0) is 16.2. The van der Waals surface area contributed by atoms with Crippen LogP contribution in [-0.2, 0) is 4.79 Å². The molecule has 0 bridgehead atoms. The minimum atomic E-state index is -0.0318. The topological polar surface area (TPSA) is 61.9 Å². The highest BCUT2D eigenvalue weighted by molar-refractivity contribution is 5.94. The number of benzene rings is 1. The normalized spacial score (nSPS) is 20.5. The third kappa shape index (κ3) is 3.99. The van der Waals surface area contributed by atoms with Gasteiger partial charge in [0.15, 0.2) is 0 Å². The Hall–Kier alpha value is -1.79. The van der Waals surface area contributed by atoms with Gasteiger partial charge >= 0.3 is 0 Å². The van der Waals surface area contributed by atoms with E-state index in [0.717, 1.165) is 19.4 Å². The van der Waals surface area contributed by atoms with Gasteiger partial charge in [-0.25, -0.2) is 0 Å². The SMILES string of the molecule is COc1cccc(C(=O)N2CCN(C(=O)[C@@H]3CCCN3)CC2)c1.Cl. The Labute approximate surface area is 148 Å². The molecule has 2 heterocycles. The van der Waals surface area contributed by atoms with Gasteiger partial charge in [0.2, 0.25) is 5.91 Å². The Morgan fingerprint density at radius 3 is 2.50 bits per heavy atom. The summed E-state index contributed by atoms with van der Waals surface area (Å²) in [5, 5.41) is 3.24. The van der Waals surface area contributed by atoms with Crippen LogP contribution in [0.4, 0.5) is 0 Å². The molecule has 1 atom stereocenters. The van der Waals surface area contributed by atoms with Gasteiger partial charge in [-0.15, -0.1) is 12.4 Å². The van der Waals surface area contributed by atoms with E-state index in [2.05, 4.69) is 5.32 Å². The number of carbonyl (C=O) groups excluding carboxylic acids is 2. The largest absolute Gasteiger partial charge is 0.497 e. The Bertz CT molecular complexity index is 582. The molecular formula is C17H24ClN3O3. The van der Waals surface area contributed by atoms with Gasteiger partial charge in [0, 0.05) is 31.7 Å². The van der Waals surface area contributed by atoms with Crippen LogP contribution in [0.15, 0.2) is 24.3 Å². The molecule has 6 nitrogen and oxygen atoms in total. The first-order valence-corrected chi connectivity index (χ1v) is 8.14. The number of amides is 2. The maximum Gasteiger partial charge on any atom is 0.254 e. The molecule has 0 aliphatic carbocycles. The molecule has 1 aromatic carbocycles. The van der Waals surface area contributed by atoms with Crippen molar-refractivity contribution in [1.29, 1.82) is 0 Å². The standard InChI is InChI=1S/C17H23N3O3.ClH/c1-23-14-5-2-4-13(12-14)16(21)19-8-10-20(11-9-19)17(22)15-6-3-7-18-15;/h2,4-5,12,15,18H,3,6-11H2,1H3;1H/t15-;/m0./s1. The van der Waals surface area contributed by atoms with E-state index < -0.39 is 0 Å². The van der Waals surface area contributed by atoms with Crippen molar-refractivity contribution < 1.29 is 14.3 Å². The average Bonchev–Trinajstić information content (AvgIpc) is 3.15. The van der Waals surface area contributed by atoms with Crippen molar-refractivity contribution in [3.63, 3.8) is 0 Å². The van der Waals surface area contributed by atoms with Crippen molar-refractivity contribution in [2.24, 2.45) is 0 Å². The number of nitrogens with one attached hydrogen (secondary N) is 1. The van der Waals surface area contributed by atoms with Gasteiger partial charge < -0.3 is 19.9 Å². The minimum absolute atomic E-state index is 0. The lowest BCUT2D eigenvalue weighted by Gasteiger charge is -2.36. The number of nitrogens with zero attached hydrogens (tertiary/aromatic N) is 2. The van der Waals surface area contributed by atoms with Gasteiger partial charge in [0.1, 0.15) is 5.75 Å². The van der Waals surface area contributed by atoms with Gasteiger partial charge in [0.25, 0.3) is 5.91 Å². The van der Waals surface area contributed by atoms with Gasteiger partial charge in [-0.05, 0) is 37.6 Å². The summed E-state index contributed by atoms with van der Waals surface area (Å²) in [6.45, 7) is 3.28. The number of methoxy groups -OCH3 is 1. The van der Waals surface area contributed by atoms with Crippen molar-refractivity contribution in [2.75, 3.05) is 39.8 Å². The first kappa shape index (κ1) is 18.5. The molecule has 0 radical (unpaired) electrons. The van der Waals surface area contributed by atoms with E-state index in [1.165, 1.54) is 0 Å². The third-order valence-electron chi connectivity index (χ3n) is 4.55. The Morgan fingerprint density at radius 2 is 1.88 bits per heavy atom. The molecule has 2 aliphatic heterocycles. The lowest BCUT2D eigenvalue weighted by molar-refractivity contribution is -0.134. The fourth-order valence-corrected chi connectivity index (χ4v) is 3.18. The van der Waals surface area contributed by atoms with Crippen molar-refractivity contribution in [2.45, 2.75) is 18.9 Å². The van der Waals surface area contributed by atoms with Crippen LogP contribution in [0.2, 0.25) is 0 Å². The van der Waals surface area contributed by atoms with Crippen molar-refractivity contribution >= 4 is 24.2 Å². The van der Waals surface area contributed by atoms with Crippen LogP contribution in [0.25, 0.3) is 0 Å². The summed E-state index contributed by atoms with van der Waals surface area (Å²) >= 11 is 0. The van der Waals surface area contributed by atoms with E-state index in [1.807, 2.05) is 17.0 Å². The van der Waals surface area contributed by atoms with Crippen LogP contribution < -0.4 is 10.1 Å². The molecule has 24 heavy (non-hydrogen) atoms. The summed E-state index contributed by atoms with van der Waals surface area (Å²) in [6.07, 6.45) is 1.98. The number of ether oxygens (including phenoxy) is 1. The number of hydrogen-bond acceptors (Lipinski definition) is 4. The summed E-state index contributed by atoms with van der Waals surface area (Å²) in [6, 6.07) is 7.16. The number of piperazine rings is 1. The van der Waals surface area contributed by atoms with E-state index in [-0.39, 0.29) is 30.3 Å². The molecule has 0 saturated carbocycles. The van der Waals surface area contributed by atoms with Crippen LogP contribution >= 0.6 is 12.4 Å². The van der Waals surface area contributed by atoms with Crippen molar-refractivity contribution in [1.82, 2.24) is 15.1 Å². The summed E-state index contributed by atoms with van der Waals surface area (Å²) in [5.41, 5.74) is 0.626. The van der Waals surface area contributed by atoms with Crippen LogP contribution in [-0.4, -0.2) is 67.5 Å². The highest BCUT2D eigenvalue weighted by Crippen LogP contribution is 2.16. The molecule has 1 aromatic rings. The van der Waals surface area contributed by atoms with Crippen LogP contribution in [0.5, 0.6) is 5.75 Å². The monoisotopic (exact) mass is 353 g/mol.